The third-order valence-electron chi connectivity index (χ3n) is 6.26. The zero-order valence-corrected chi connectivity index (χ0v) is 20.7. The number of halogens is 2. The molecular formula is C27H23Cl2N3O3. The molecule has 6 nitrogen and oxygen atoms in total. The van der Waals surface area contributed by atoms with Crippen LogP contribution < -0.4 is 9.47 Å². The van der Waals surface area contributed by atoms with Crippen LogP contribution in [-0.4, -0.2) is 41.8 Å². The van der Waals surface area contributed by atoms with Crippen LogP contribution in [0.3, 0.4) is 0 Å². The largest absolute Gasteiger partial charge is 0.493 e. The quantitative estimate of drug-likeness (QED) is 0.323. The fourth-order valence-corrected chi connectivity index (χ4v) is 4.86. The Morgan fingerprint density at radius 1 is 0.943 bits per heavy atom. The lowest BCUT2D eigenvalue weighted by atomic mass is 9.96. The SMILES string of the molecule is COc1ccc(CCN2C(=O)c3[nH]nc(-c4ccccc4)c3C2c2ccc(Cl)c(Cl)c2)cc1OC. The molecule has 1 unspecified atom stereocenters. The molecule has 1 aliphatic heterocycles. The molecule has 35 heavy (non-hydrogen) atoms. The Morgan fingerprint density at radius 2 is 1.71 bits per heavy atom. The molecule has 0 bridgehead atoms. The number of amides is 1. The van der Waals surface area contributed by atoms with Crippen LogP contribution in [0.25, 0.3) is 11.3 Å². The molecule has 0 aliphatic carbocycles. The molecule has 1 aromatic heterocycles. The average Bonchev–Trinajstić information content (AvgIpc) is 3.43. The molecule has 2 heterocycles. The fourth-order valence-electron chi connectivity index (χ4n) is 4.56. The molecule has 0 fully saturated rings. The Balaban J connectivity index is 1.54. The lowest BCUT2D eigenvalue weighted by molar-refractivity contribution is 0.0746. The van der Waals surface area contributed by atoms with E-state index >= 15 is 0 Å². The monoisotopic (exact) mass is 507 g/mol. The van der Waals surface area contributed by atoms with Crippen molar-refractivity contribution in [1.29, 1.82) is 0 Å². The summed E-state index contributed by atoms with van der Waals surface area (Å²) < 4.78 is 10.8. The Labute approximate surface area is 213 Å². The Hall–Kier alpha value is -3.48. The number of nitrogens with zero attached hydrogens (tertiary/aromatic N) is 2. The van der Waals surface area contributed by atoms with Crippen LogP contribution in [0.4, 0.5) is 0 Å². The van der Waals surface area contributed by atoms with Gasteiger partial charge in [-0.1, -0.05) is 65.7 Å². The number of carbonyl (C=O) groups is 1. The molecule has 0 saturated carbocycles. The van der Waals surface area contributed by atoms with E-state index in [0.717, 1.165) is 27.9 Å². The summed E-state index contributed by atoms with van der Waals surface area (Å²) in [6.45, 7) is 0.482. The minimum absolute atomic E-state index is 0.105. The van der Waals surface area contributed by atoms with Gasteiger partial charge < -0.3 is 14.4 Å². The number of nitrogens with one attached hydrogen (secondary N) is 1. The first-order valence-corrected chi connectivity index (χ1v) is 11.9. The van der Waals surface area contributed by atoms with Gasteiger partial charge in [0.05, 0.1) is 36.0 Å². The predicted molar refractivity (Wildman–Crippen MR) is 137 cm³/mol. The molecule has 8 heteroatoms. The van der Waals surface area contributed by atoms with Gasteiger partial charge in [0.1, 0.15) is 5.69 Å². The van der Waals surface area contributed by atoms with Crippen LogP contribution in [0.1, 0.15) is 33.2 Å². The van der Waals surface area contributed by atoms with E-state index in [4.69, 9.17) is 32.7 Å². The third kappa shape index (κ3) is 4.24. The smallest absolute Gasteiger partial charge is 0.273 e. The maximum Gasteiger partial charge on any atom is 0.273 e. The van der Waals surface area contributed by atoms with Gasteiger partial charge in [0, 0.05) is 17.7 Å². The lowest BCUT2D eigenvalue weighted by Gasteiger charge is -2.27. The van der Waals surface area contributed by atoms with Crippen molar-refractivity contribution in [3.63, 3.8) is 0 Å². The normalized spacial score (nSPS) is 14.8. The summed E-state index contributed by atoms with van der Waals surface area (Å²) in [5, 5.41) is 8.40. The van der Waals surface area contributed by atoms with E-state index in [1.807, 2.05) is 65.6 Å². The van der Waals surface area contributed by atoms with Gasteiger partial charge >= 0.3 is 0 Å². The molecule has 0 saturated heterocycles. The minimum atomic E-state index is -0.360. The maximum absolute atomic E-state index is 13.6. The number of rotatable bonds is 7. The number of carbonyl (C=O) groups excluding carboxylic acids is 1. The van der Waals surface area contributed by atoms with Gasteiger partial charge in [0.15, 0.2) is 11.5 Å². The number of hydrogen-bond donors (Lipinski definition) is 1. The predicted octanol–water partition coefficient (Wildman–Crippen LogP) is 6.19. The lowest BCUT2D eigenvalue weighted by Crippen LogP contribution is -2.31. The van der Waals surface area contributed by atoms with Crippen LogP contribution in [0.5, 0.6) is 11.5 Å². The fraction of sp³-hybridized carbons (Fsp3) is 0.185. The van der Waals surface area contributed by atoms with Crippen LogP contribution in [0.15, 0.2) is 66.7 Å². The van der Waals surface area contributed by atoms with Crippen molar-refractivity contribution < 1.29 is 14.3 Å². The summed E-state index contributed by atoms with van der Waals surface area (Å²) >= 11 is 12.6. The first-order chi connectivity index (χ1) is 17.0. The van der Waals surface area contributed by atoms with E-state index in [0.29, 0.717) is 40.2 Å². The Kier molecular flexibility index (Phi) is 6.41. The summed E-state index contributed by atoms with van der Waals surface area (Å²) in [6, 6.07) is 20.7. The highest BCUT2D eigenvalue weighted by Gasteiger charge is 2.42. The van der Waals surface area contributed by atoms with E-state index in [-0.39, 0.29) is 11.9 Å². The zero-order valence-electron chi connectivity index (χ0n) is 19.2. The minimum Gasteiger partial charge on any atom is -0.493 e. The number of methoxy groups -OCH3 is 2. The zero-order chi connectivity index (χ0) is 24.5. The van der Waals surface area contributed by atoms with Crippen molar-refractivity contribution in [2.75, 3.05) is 20.8 Å². The number of H-pyrrole nitrogens is 1. The molecule has 0 spiro atoms. The van der Waals surface area contributed by atoms with E-state index < -0.39 is 0 Å². The van der Waals surface area contributed by atoms with Gasteiger partial charge in [0.2, 0.25) is 0 Å². The van der Waals surface area contributed by atoms with Crippen molar-refractivity contribution in [2.45, 2.75) is 12.5 Å². The van der Waals surface area contributed by atoms with Crippen LogP contribution in [0, 0.1) is 0 Å². The third-order valence-corrected chi connectivity index (χ3v) is 7.00. The molecule has 178 valence electrons. The van der Waals surface area contributed by atoms with Gasteiger partial charge in [-0.05, 0) is 41.8 Å². The summed E-state index contributed by atoms with van der Waals surface area (Å²) in [5.74, 6) is 1.21. The first-order valence-electron chi connectivity index (χ1n) is 11.1. The highest BCUT2D eigenvalue weighted by Crippen LogP contribution is 2.44. The van der Waals surface area contributed by atoms with Crippen molar-refractivity contribution in [3.8, 4) is 22.8 Å². The number of aromatic nitrogens is 2. The van der Waals surface area contributed by atoms with Gasteiger partial charge in [-0.3, -0.25) is 9.89 Å². The van der Waals surface area contributed by atoms with Crippen LogP contribution >= 0.6 is 23.2 Å². The van der Waals surface area contributed by atoms with Gasteiger partial charge in [-0.15, -0.1) is 0 Å². The van der Waals surface area contributed by atoms with E-state index in [1.54, 1.807) is 20.3 Å². The number of hydrogen-bond acceptors (Lipinski definition) is 4. The topological polar surface area (TPSA) is 67.5 Å². The van der Waals surface area contributed by atoms with E-state index in [1.165, 1.54) is 0 Å². The molecule has 4 aromatic rings. The first kappa shape index (κ1) is 23.3. The number of ether oxygens (including phenoxy) is 2. The molecule has 0 radical (unpaired) electrons. The summed E-state index contributed by atoms with van der Waals surface area (Å²) in [6.07, 6.45) is 0.627. The van der Waals surface area contributed by atoms with Gasteiger partial charge in [0.25, 0.3) is 5.91 Å². The van der Waals surface area contributed by atoms with Gasteiger partial charge in [-0.25, -0.2) is 0 Å². The second kappa shape index (κ2) is 9.64. The summed E-state index contributed by atoms with van der Waals surface area (Å²) in [7, 11) is 3.21. The second-order valence-corrected chi connectivity index (χ2v) is 9.06. The molecular weight excluding hydrogens is 485 g/mol. The van der Waals surface area contributed by atoms with Crippen molar-refractivity contribution in [3.05, 3.63) is 99.2 Å². The highest BCUT2D eigenvalue weighted by molar-refractivity contribution is 6.42. The molecule has 5 rings (SSSR count). The van der Waals surface area contributed by atoms with Crippen LogP contribution in [0.2, 0.25) is 10.0 Å². The molecule has 1 aliphatic rings. The van der Waals surface area contributed by atoms with Crippen molar-refractivity contribution in [2.24, 2.45) is 0 Å². The molecule has 1 N–H and O–H groups in total. The number of aromatic amines is 1. The van der Waals surface area contributed by atoms with Crippen molar-refractivity contribution >= 4 is 29.1 Å². The molecule has 1 amide bonds. The standard InChI is InChI=1S/C27H23Cl2N3O3/c1-34-21-11-8-16(14-22(21)35-2)12-13-32-26(18-9-10-19(28)20(29)15-18)23-24(17-6-4-3-5-7-17)30-31-25(23)27(32)33/h3-11,14-15,26H,12-13H2,1-2H3,(H,30,31). The van der Waals surface area contributed by atoms with Crippen molar-refractivity contribution in [1.82, 2.24) is 15.1 Å². The molecule has 1 atom stereocenters. The van der Waals surface area contributed by atoms with E-state index in [2.05, 4.69) is 10.2 Å². The second-order valence-electron chi connectivity index (χ2n) is 8.24. The van der Waals surface area contributed by atoms with Gasteiger partial charge in [-0.2, -0.15) is 5.10 Å². The average molecular weight is 508 g/mol. The van der Waals surface area contributed by atoms with E-state index in [9.17, 15) is 4.79 Å². The Morgan fingerprint density at radius 3 is 2.43 bits per heavy atom. The summed E-state index contributed by atoms with van der Waals surface area (Å²) in [4.78, 5) is 15.4. The Bertz CT molecular complexity index is 1390. The van der Waals surface area contributed by atoms with Crippen LogP contribution in [-0.2, 0) is 6.42 Å². The maximum atomic E-state index is 13.6. The number of fused-ring (bicyclic) bond motifs is 1. The molecule has 3 aromatic carbocycles. The summed E-state index contributed by atoms with van der Waals surface area (Å²) in [5.41, 5.74) is 4.92. The number of benzene rings is 3. The highest BCUT2D eigenvalue weighted by atomic mass is 35.5.